The second kappa shape index (κ2) is 5.14. The van der Waals surface area contributed by atoms with Gasteiger partial charge in [-0.25, -0.2) is 4.39 Å². The molecule has 1 aliphatic rings. The summed E-state index contributed by atoms with van der Waals surface area (Å²) in [5, 5.41) is 2.74. The van der Waals surface area contributed by atoms with Crippen molar-refractivity contribution in [2.24, 2.45) is 5.92 Å². The fourth-order valence-electron chi connectivity index (χ4n) is 1.76. The Hall–Kier alpha value is -0.940. The van der Waals surface area contributed by atoms with Crippen molar-refractivity contribution in [1.82, 2.24) is 0 Å². The summed E-state index contributed by atoms with van der Waals surface area (Å²) in [6.07, 6.45) is 0.726. The SMILES string of the molecule is Cc1cc(Br)c(F)cc1NC(=O)C1CCOC1. The van der Waals surface area contributed by atoms with Crippen LogP contribution < -0.4 is 5.32 Å². The molecule has 1 amide bonds. The van der Waals surface area contributed by atoms with E-state index in [1.54, 1.807) is 6.07 Å². The van der Waals surface area contributed by atoms with E-state index in [0.29, 0.717) is 23.4 Å². The summed E-state index contributed by atoms with van der Waals surface area (Å²) in [7, 11) is 0. The Morgan fingerprint density at radius 1 is 1.59 bits per heavy atom. The number of carbonyl (C=O) groups excluding carboxylic acids is 1. The summed E-state index contributed by atoms with van der Waals surface area (Å²) in [5.41, 5.74) is 1.34. The van der Waals surface area contributed by atoms with E-state index in [9.17, 15) is 9.18 Å². The molecule has 0 saturated carbocycles. The highest BCUT2D eigenvalue weighted by molar-refractivity contribution is 9.10. The molecule has 0 aromatic heterocycles. The molecule has 0 bridgehead atoms. The Bertz CT molecular complexity index is 444. The average Bonchev–Trinajstić information content (AvgIpc) is 2.79. The molecule has 1 aliphatic heterocycles. The molecular formula is C12H13BrFNO2. The summed E-state index contributed by atoms with van der Waals surface area (Å²) in [6.45, 7) is 2.89. The first-order valence-electron chi connectivity index (χ1n) is 5.42. The first kappa shape index (κ1) is 12.5. The highest BCUT2D eigenvalue weighted by Crippen LogP contribution is 2.25. The number of amides is 1. The zero-order chi connectivity index (χ0) is 12.4. The number of hydrogen-bond donors (Lipinski definition) is 1. The third-order valence-corrected chi connectivity index (χ3v) is 3.43. The topological polar surface area (TPSA) is 38.3 Å². The van der Waals surface area contributed by atoms with Crippen molar-refractivity contribution in [3.8, 4) is 0 Å². The van der Waals surface area contributed by atoms with Crippen LogP contribution in [0.15, 0.2) is 16.6 Å². The summed E-state index contributed by atoms with van der Waals surface area (Å²) in [4.78, 5) is 11.8. The predicted octanol–water partition coefficient (Wildman–Crippen LogP) is 2.87. The number of benzene rings is 1. The molecule has 1 aromatic carbocycles. The molecule has 1 atom stereocenters. The molecule has 92 valence electrons. The Morgan fingerprint density at radius 2 is 2.35 bits per heavy atom. The van der Waals surface area contributed by atoms with Gasteiger partial charge in [0, 0.05) is 12.3 Å². The fraction of sp³-hybridized carbons (Fsp3) is 0.417. The smallest absolute Gasteiger partial charge is 0.229 e. The van der Waals surface area contributed by atoms with Gasteiger partial charge in [0.05, 0.1) is 17.0 Å². The quantitative estimate of drug-likeness (QED) is 0.912. The number of aryl methyl sites for hydroxylation is 1. The molecule has 17 heavy (non-hydrogen) atoms. The predicted molar refractivity (Wildman–Crippen MR) is 66.4 cm³/mol. The van der Waals surface area contributed by atoms with E-state index in [1.165, 1.54) is 6.07 Å². The lowest BCUT2D eigenvalue weighted by atomic mass is 10.1. The summed E-state index contributed by atoms with van der Waals surface area (Å²) in [6, 6.07) is 2.98. The van der Waals surface area contributed by atoms with Gasteiger partial charge in [-0.1, -0.05) is 0 Å². The minimum absolute atomic E-state index is 0.104. The third kappa shape index (κ3) is 2.84. The van der Waals surface area contributed by atoms with Gasteiger partial charge in [-0.3, -0.25) is 4.79 Å². The van der Waals surface area contributed by atoms with Gasteiger partial charge in [0.2, 0.25) is 5.91 Å². The van der Waals surface area contributed by atoms with E-state index in [0.717, 1.165) is 12.0 Å². The minimum Gasteiger partial charge on any atom is -0.381 e. The molecule has 1 heterocycles. The summed E-state index contributed by atoms with van der Waals surface area (Å²) in [5.74, 6) is -0.609. The molecule has 1 unspecified atom stereocenters. The Morgan fingerprint density at radius 3 is 3.00 bits per heavy atom. The third-order valence-electron chi connectivity index (χ3n) is 2.83. The molecule has 2 rings (SSSR count). The zero-order valence-electron chi connectivity index (χ0n) is 9.43. The van der Waals surface area contributed by atoms with Crippen LogP contribution in [0, 0.1) is 18.7 Å². The molecule has 1 aromatic rings. The Kier molecular flexibility index (Phi) is 3.79. The van der Waals surface area contributed by atoms with Crippen molar-refractivity contribution in [3.63, 3.8) is 0 Å². The van der Waals surface area contributed by atoms with E-state index in [2.05, 4.69) is 21.2 Å². The largest absolute Gasteiger partial charge is 0.381 e. The minimum atomic E-state index is -0.381. The number of carbonyl (C=O) groups is 1. The number of halogens is 2. The van der Waals surface area contributed by atoms with Crippen LogP contribution >= 0.6 is 15.9 Å². The molecule has 0 aliphatic carbocycles. The highest BCUT2D eigenvalue weighted by atomic mass is 79.9. The molecular weight excluding hydrogens is 289 g/mol. The van der Waals surface area contributed by atoms with Gasteiger partial charge in [-0.05, 0) is 47.0 Å². The van der Waals surface area contributed by atoms with E-state index in [-0.39, 0.29) is 17.6 Å². The zero-order valence-corrected chi connectivity index (χ0v) is 11.0. The van der Waals surface area contributed by atoms with Gasteiger partial charge < -0.3 is 10.1 Å². The van der Waals surface area contributed by atoms with Crippen LogP contribution in [0.5, 0.6) is 0 Å². The molecule has 0 spiro atoms. The van der Waals surface area contributed by atoms with E-state index in [4.69, 9.17) is 4.74 Å². The first-order valence-corrected chi connectivity index (χ1v) is 6.21. The normalized spacial score (nSPS) is 19.4. The van der Waals surface area contributed by atoms with Gasteiger partial charge in [-0.2, -0.15) is 0 Å². The molecule has 0 radical (unpaired) electrons. The van der Waals surface area contributed by atoms with Crippen molar-refractivity contribution in [2.75, 3.05) is 18.5 Å². The monoisotopic (exact) mass is 301 g/mol. The number of ether oxygens (including phenoxy) is 1. The number of anilines is 1. The second-order valence-corrected chi connectivity index (χ2v) is 4.99. The van der Waals surface area contributed by atoms with Crippen molar-refractivity contribution >= 4 is 27.5 Å². The highest BCUT2D eigenvalue weighted by Gasteiger charge is 2.24. The lowest BCUT2D eigenvalue weighted by molar-refractivity contribution is -0.119. The van der Waals surface area contributed by atoms with Crippen molar-refractivity contribution < 1.29 is 13.9 Å². The van der Waals surface area contributed by atoms with Gasteiger partial charge in [-0.15, -0.1) is 0 Å². The molecule has 1 fully saturated rings. The van der Waals surface area contributed by atoms with Gasteiger partial charge >= 0.3 is 0 Å². The maximum absolute atomic E-state index is 13.4. The van der Waals surface area contributed by atoms with Crippen LogP contribution in [0.2, 0.25) is 0 Å². The van der Waals surface area contributed by atoms with Crippen LogP contribution in [-0.4, -0.2) is 19.1 Å². The van der Waals surface area contributed by atoms with Crippen LogP contribution in [0.1, 0.15) is 12.0 Å². The first-order chi connectivity index (χ1) is 8.08. The molecule has 1 saturated heterocycles. The van der Waals surface area contributed by atoms with Crippen LogP contribution in [0.25, 0.3) is 0 Å². The van der Waals surface area contributed by atoms with Gasteiger partial charge in [0.25, 0.3) is 0 Å². The van der Waals surface area contributed by atoms with Gasteiger partial charge in [0.15, 0.2) is 0 Å². The summed E-state index contributed by atoms with van der Waals surface area (Å²) >= 11 is 3.10. The number of nitrogens with one attached hydrogen (secondary N) is 1. The average molecular weight is 302 g/mol. The summed E-state index contributed by atoms with van der Waals surface area (Å²) < 4.78 is 18.9. The van der Waals surface area contributed by atoms with E-state index in [1.807, 2.05) is 6.92 Å². The molecule has 1 N–H and O–H groups in total. The van der Waals surface area contributed by atoms with Crippen LogP contribution in [0.3, 0.4) is 0 Å². The number of hydrogen-bond acceptors (Lipinski definition) is 2. The lowest BCUT2D eigenvalue weighted by Crippen LogP contribution is -2.23. The van der Waals surface area contributed by atoms with Gasteiger partial charge in [0.1, 0.15) is 5.82 Å². The number of rotatable bonds is 2. The molecule has 3 nitrogen and oxygen atoms in total. The maximum atomic E-state index is 13.4. The van der Waals surface area contributed by atoms with Crippen molar-refractivity contribution in [1.29, 1.82) is 0 Å². The van der Waals surface area contributed by atoms with Crippen LogP contribution in [-0.2, 0) is 9.53 Å². The molecule has 5 heteroatoms. The standard InChI is InChI=1S/C12H13BrFNO2/c1-7-4-9(13)10(14)5-11(7)15-12(16)8-2-3-17-6-8/h4-5,8H,2-3,6H2,1H3,(H,15,16). The second-order valence-electron chi connectivity index (χ2n) is 4.13. The van der Waals surface area contributed by atoms with Crippen LogP contribution in [0.4, 0.5) is 10.1 Å². The fourth-order valence-corrected chi connectivity index (χ4v) is 2.21. The van der Waals surface area contributed by atoms with Crippen molar-refractivity contribution in [2.45, 2.75) is 13.3 Å². The van der Waals surface area contributed by atoms with Crippen molar-refractivity contribution in [3.05, 3.63) is 28.0 Å². The Balaban J connectivity index is 2.12. The van der Waals surface area contributed by atoms with E-state index >= 15 is 0 Å². The Labute approximate surface area is 107 Å². The maximum Gasteiger partial charge on any atom is 0.229 e. The lowest BCUT2D eigenvalue weighted by Gasteiger charge is -2.12. The van der Waals surface area contributed by atoms with E-state index < -0.39 is 0 Å².